The number of benzene rings is 2. The van der Waals surface area contributed by atoms with Crippen LogP contribution in [0.2, 0.25) is 0 Å². The fraction of sp³-hybridized carbons (Fsp3) is 0.143. The van der Waals surface area contributed by atoms with Gasteiger partial charge in [-0.15, -0.1) is 11.3 Å². The molecule has 1 atom stereocenters. The van der Waals surface area contributed by atoms with E-state index in [-0.39, 0.29) is 6.42 Å². The zero-order valence-corrected chi connectivity index (χ0v) is 17.4. The minimum Gasteiger partial charge on any atom is -0.355 e. The van der Waals surface area contributed by atoms with Crippen molar-refractivity contribution in [3.05, 3.63) is 78.1 Å². The Kier molecular flexibility index (Phi) is 5.48. The topological polar surface area (TPSA) is 95.3 Å². The molecular formula is C21H20N3O3PS. The summed E-state index contributed by atoms with van der Waals surface area (Å²) in [5.74, 6) is -0.653. The largest absolute Gasteiger partial charge is 0.355 e. The van der Waals surface area contributed by atoms with Crippen molar-refractivity contribution >= 4 is 35.0 Å². The van der Waals surface area contributed by atoms with Crippen molar-refractivity contribution in [1.82, 2.24) is 9.97 Å². The molecule has 2 aromatic heterocycles. The lowest BCUT2D eigenvalue weighted by molar-refractivity contribution is 0.361. The summed E-state index contributed by atoms with van der Waals surface area (Å²) in [4.78, 5) is 30.2. The van der Waals surface area contributed by atoms with E-state index in [1.165, 1.54) is 23.2 Å². The van der Waals surface area contributed by atoms with Crippen molar-refractivity contribution in [3.63, 3.8) is 0 Å². The van der Waals surface area contributed by atoms with Crippen LogP contribution in [-0.4, -0.2) is 25.5 Å². The molecule has 0 aliphatic heterocycles. The van der Waals surface area contributed by atoms with Gasteiger partial charge in [-0.1, -0.05) is 60.2 Å². The smallest absolute Gasteiger partial charge is 0.347 e. The lowest BCUT2D eigenvalue weighted by Crippen LogP contribution is -2.23. The minimum atomic E-state index is -4.41. The van der Waals surface area contributed by atoms with E-state index >= 15 is 0 Å². The number of fused-ring (bicyclic) bond motifs is 1. The third-order valence-corrected chi connectivity index (χ3v) is 6.86. The van der Waals surface area contributed by atoms with Crippen molar-refractivity contribution in [2.75, 3.05) is 5.32 Å². The van der Waals surface area contributed by atoms with E-state index in [1.807, 2.05) is 55.5 Å². The van der Waals surface area contributed by atoms with Crippen molar-refractivity contribution < 1.29 is 14.4 Å². The summed E-state index contributed by atoms with van der Waals surface area (Å²) in [5, 5.41) is 3.73. The van der Waals surface area contributed by atoms with Crippen molar-refractivity contribution in [1.29, 1.82) is 0 Å². The van der Waals surface area contributed by atoms with Gasteiger partial charge in [-0.2, -0.15) is 0 Å². The van der Waals surface area contributed by atoms with Gasteiger partial charge >= 0.3 is 7.60 Å². The molecule has 0 bridgehead atoms. The number of nitrogens with zero attached hydrogens (tertiary/aromatic N) is 2. The van der Waals surface area contributed by atoms with Crippen LogP contribution >= 0.6 is 18.9 Å². The van der Waals surface area contributed by atoms with Crippen LogP contribution in [0.25, 0.3) is 20.7 Å². The number of thiophene rings is 1. The van der Waals surface area contributed by atoms with E-state index in [1.54, 1.807) is 0 Å². The molecule has 8 heteroatoms. The number of aryl methyl sites for hydroxylation is 1. The molecule has 4 aromatic rings. The highest BCUT2D eigenvalue weighted by molar-refractivity contribution is 7.52. The third kappa shape index (κ3) is 4.54. The summed E-state index contributed by atoms with van der Waals surface area (Å²) < 4.78 is 12.1. The highest BCUT2D eigenvalue weighted by atomic mass is 32.1. The minimum absolute atomic E-state index is 0.186. The Hall–Kier alpha value is -2.57. The first kappa shape index (κ1) is 19.7. The van der Waals surface area contributed by atoms with E-state index in [2.05, 4.69) is 27.4 Å². The summed E-state index contributed by atoms with van der Waals surface area (Å²) in [6.45, 7) is 2.04. The van der Waals surface area contributed by atoms with Crippen molar-refractivity contribution in [2.45, 2.75) is 19.1 Å². The molecule has 0 aliphatic carbocycles. The van der Waals surface area contributed by atoms with Gasteiger partial charge in [0.15, 0.2) is 0 Å². The molecular weight excluding hydrogens is 405 g/mol. The van der Waals surface area contributed by atoms with Gasteiger partial charge < -0.3 is 15.1 Å². The second-order valence-electron chi connectivity index (χ2n) is 6.86. The Bertz CT molecular complexity index is 1170. The van der Waals surface area contributed by atoms with Crippen LogP contribution in [-0.2, 0) is 11.0 Å². The van der Waals surface area contributed by atoms with E-state index in [0.717, 1.165) is 26.2 Å². The average Bonchev–Trinajstić information content (AvgIpc) is 3.13. The zero-order chi connectivity index (χ0) is 20.4. The molecule has 0 fully saturated rings. The quantitative estimate of drug-likeness (QED) is 0.383. The van der Waals surface area contributed by atoms with E-state index in [4.69, 9.17) is 0 Å². The highest BCUT2D eigenvalue weighted by Crippen LogP contribution is 2.44. The number of hydrogen-bond donors (Lipinski definition) is 3. The molecule has 0 amide bonds. The zero-order valence-electron chi connectivity index (χ0n) is 15.7. The van der Waals surface area contributed by atoms with Gasteiger partial charge in [-0.05, 0) is 24.1 Å². The maximum Gasteiger partial charge on any atom is 0.347 e. The number of anilines is 1. The van der Waals surface area contributed by atoms with Gasteiger partial charge in [0.05, 0.1) is 5.39 Å². The number of hydrogen-bond acceptors (Lipinski definition) is 5. The van der Waals surface area contributed by atoms with Gasteiger partial charge in [0.25, 0.3) is 0 Å². The van der Waals surface area contributed by atoms with E-state index in [9.17, 15) is 14.4 Å². The Balaban J connectivity index is 1.68. The SMILES string of the molecule is Cc1ccc(-c2cc3c(NC(Cc4ccccc4)P(=O)(O)O)ncnc3s2)cc1. The van der Waals surface area contributed by atoms with Gasteiger partial charge in [0.2, 0.25) is 0 Å². The molecule has 0 spiro atoms. The molecule has 3 N–H and O–H groups in total. The second-order valence-corrected chi connectivity index (χ2v) is 9.69. The first-order valence-corrected chi connectivity index (χ1v) is 11.6. The Morgan fingerprint density at radius 3 is 2.48 bits per heavy atom. The fourth-order valence-corrected chi connectivity index (χ4v) is 4.82. The molecule has 4 rings (SSSR count). The highest BCUT2D eigenvalue weighted by Gasteiger charge is 2.30. The summed E-state index contributed by atoms with van der Waals surface area (Å²) in [5.41, 5.74) is 3.09. The van der Waals surface area contributed by atoms with Gasteiger partial charge in [-0.3, -0.25) is 4.57 Å². The Labute approximate surface area is 172 Å². The Morgan fingerprint density at radius 1 is 1.07 bits per heavy atom. The lowest BCUT2D eigenvalue weighted by atomic mass is 10.1. The molecule has 0 saturated carbocycles. The standard InChI is InChI=1S/C21H20N3O3PS/c1-14-7-9-16(10-8-14)18-12-17-20(22-13-23-21(17)29-18)24-19(28(25,26)27)11-15-5-3-2-4-6-15/h2-10,12-13,19H,11H2,1H3,(H,22,23,24)(H2,25,26,27). The summed E-state index contributed by atoms with van der Waals surface area (Å²) >= 11 is 1.52. The van der Waals surface area contributed by atoms with Gasteiger partial charge in [0.1, 0.15) is 22.8 Å². The van der Waals surface area contributed by atoms with Crippen LogP contribution in [0.5, 0.6) is 0 Å². The summed E-state index contributed by atoms with van der Waals surface area (Å²) in [7, 11) is -4.41. The molecule has 2 heterocycles. The third-order valence-electron chi connectivity index (χ3n) is 4.65. The lowest BCUT2D eigenvalue weighted by Gasteiger charge is -2.20. The molecule has 6 nitrogen and oxygen atoms in total. The average molecular weight is 425 g/mol. The van der Waals surface area contributed by atoms with Crippen LogP contribution in [0.4, 0.5) is 5.82 Å². The van der Waals surface area contributed by atoms with Crippen LogP contribution in [0.3, 0.4) is 0 Å². The van der Waals surface area contributed by atoms with E-state index < -0.39 is 13.4 Å². The van der Waals surface area contributed by atoms with Crippen LogP contribution in [0.15, 0.2) is 67.0 Å². The van der Waals surface area contributed by atoms with Crippen LogP contribution < -0.4 is 5.32 Å². The number of rotatable bonds is 6. The molecule has 148 valence electrons. The predicted octanol–water partition coefficient (Wildman–Crippen LogP) is 4.83. The summed E-state index contributed by atoms with van der Waals surface area (Å²) in [6.07, 6.45) is 1.60. The normalized spacial score (nSPS) is 12.8. The van der Waals surface area contributed by atoms with E-state index in [0.29, 0.717) is 5.82 Å². The second kappa shape index (κ2) is 8.05. The van der Waals surface area contributed by atoms with Crippen molar-refractivity contribution in [3.8, 4) is 10.4 Å². The number of aromatic nitrogens is 2. The summed E-state index contributed by atoms with van der Waals surface area (Å²) in [6, 6.07) is 19.4. The monoisotopic (exact) mass is 425 g/mol. The number of nitrogens with one attached hydrogen (secondary N) is 1. The molecule has 29 heavy (non-hydrogen) atoms. The maximum absolute atomic E-state index is 12.1. The Morgan fingerprint density at radius 2 is 1.79 bits per heavy atom. The van der Waals surface area contributed by atoms with Crippen molar-refractivity contribution in [2.24, 2.45) is 0 Å². The maximum atomic E-state index is 12.1. The molecule has 2 aromatic carbocycles. The van der Waals surface area contributed by atoms with Gasteiger partial charge in [0, 0.05) is 11.3 Å². The fourth-order valence-electron chi connectivity index (χ4n) is 3.08. The predicted molar refractivity (Wildman–Crippen MR) is 117 cm³/mol. The molecule has 0 aliphatic rings. The molecule has 0 saturated heterocycles. The first-order chi connectivity index (χ1) is 13.9. The molecule has 0 radical (unpaired) electrons. The molecule has 1 unspecified atom stereocenters. The first-order valence-electron chi connectivity index (χ1n) is 9.07. The van der Waals surface area contributed by atoms with Gasteiger partial charge in [-0.25, -0.2) is 9.97 Å². The van der Waals surface area contributed by atoms with Crippen LogP contribution in [0, 0.1) is 6.92 Å². The van der Waals surface area contributed by atoms with Crippen LogP contribution in [0.1, 0.15) is 11.1 Å².